The second kappa shape index (κ2) is 6.84. The fourth-order valence-electron chi connectivity index (χ4n) is 2.97. The van der Waals surface area contributed by atoms with E-state index in [0.717, 1.165) is 24.9 Å². The SMILES string of the molecule is CC1CCN(C(=O)CC(C)c2cccnc2)C(CN)C1. The first-order valence-electron chi connectivity index (χ1n) is 7.51. The highest BCUT2D eigenvalue weighted by atomic mass is 16.2. The van der Waals surface area contributed by atoms with Gasteiger partial charge in [0.1, 0.15) is 0 Å². The largest absolute Gasteiger partial charge is 0.338 e. The molecule has 2 heterocycles. The summed E-state index contributed by atoms with van der Waals surface area (Å²) in [6.07, 6.45) is 6.26. The minimum absolute atomic E-state index is 0.203. The van der Waals surface area contributed by atoms with E-state index in [1.807, 2.05) is 23.2 Å². The Hall–Kier alpha value is -1.42. The summed E-state index contributed by atoms with van der Waals surface area (Å²) in [7, 11) is 0. The molecule has 0 bridgehead atoms. The number of hydrogen-bond donors (Lipinski definition) is 1. The number of rotatable bonds is 4. The summed E-state index contributed by atoms with van der Waals surface area (Å²) in [6, 6.07) is 4.16. The lowest BCUT2D eigenvalue weighted by molar-refractivity contribution is -0.135. The van der Waals surface area contributed by atoms with Crippen molar-refractivity contribution < 1.29 is 4.79 Å². The normalized spacial score (nSPS) is 24.4. The number of nitrogens with zero attached hydrogens (tertiary/aromatic N) is 2. The van der Waals surface area contributed by atoms with Gasteiger partial charge in [-0.2, -0.15) is 0 Å². The molecule has 0 spiro atoms. The minimum Gasteiger partial charge on any atom is -0.338 e. The molecular weight excluding hydrogens is 250 g/mol. The third-order valence-corrected chi connectivity index (χ3v) is 4.30. The van der Waals surface area contributed by atoms with Gasteiger partial charge in [0.25, 0.3) is 0 Å². The highest BCUT2D eigenvalue weighted by molar-refractivity contribution is 5.77. The maximum atomic E-state index is 12.5. The van der Waals surface area contributed by atoms with E-state index in [-0.39, 0.29) is 17.9 Å². The molecule has 110 valence electrons. The lowest BCUT2D eigenvalue weighted by atomic mass is 9.91. The summed E-state index contributed by atoms with van der Waals surface area (Å²) in [4.78, 5) is 18.6. The van der Waals surface area contributed by atoms with Crippen LogP contribution < -0.4 is 5.73 Å². The molecule has 3 unspecified atom stereocenters. The van der Waals surface area contributed by atoms with Gasteiger partial charge in [-0.05, 0) is 36.3 Å². The topological polar surface area (TPSA) is 59.2 Å². The molecule has 1 aliphatic rings. The Bertz CT molecular complexity index is 435. The van der Waals surface area contributed by atoms with E-state index in [9.17, 15) is 4.79 Å². The van der Waals surface area contributed by atoms with E-state index < -0.39 is 0 Å². The maximum Gasteiger partial charge on any atom is 0.223 e. The second-order valence-electron chi connectivity index (χ2n) is 6.00. The Morgan fingerprint density at radius 1 is 1.60 bits per heavy atom. The van der Waals surface area contributed by atoms with Crippen LogP contribution in [0.3, 0.4) is 0 Å². The third kappa shape index (κ3) is 3.57. The predicted octanol–water partition coefficient (Wildman–Crippen LogP) is 2.16. The van der Waals surface area contributed by atoms with E-state index in [4.69, 9.17) is 5.73 Å². The zero-order valence-corrected chi connectivity index (χ0v) is 12.5. The molecule has 1 fully saturated rings. The van der Waals surface area contributed by atoms with Crippen molar-refractivity contribution in [2.45, 2.75) is 45.1 Å². The van der Waals surface area contributed by atoms with Crippen LogP contribution in [-0.2, 0) is 4.79 Å². The highest BCUT2D eigenvalue weighted by Gasteiger charge is 2.29. The Morgan fingerprint density at radius 3 is 3.05 bits per heavy atom. The van der Waals surface area contributed by atoms with Crippen LogP contribution in [0.4, 0.5) is 0 Å². The molecule has 3 atom stereocenters. The van der Waals surface area contributed by atoms with Gasteiger partial charge in [-0.15, -0.1) is 0 Å². The molecule has 4 heteroatoms. The molecule has 1 aliphatic heterocycles. The van der Waals surface area contributed by atoms with Crippen molar-refractivity contribution in [2.24, 2.45) is 11.7 Å². The molecule has 1 aromatic heterocycles. The lowest BCUT2D eigenvalue weighted by Crippen LogP contribution is -2.49. The summed E-state index contributed by atoms with van der Waals surface area (Å²) in [6.45, 7) is 5.74. The summed E-state index contributed by atoms with van der Waals surface area (Å²) >= 11 is 0. The number of piperidine rings is 1. The quantitative estimate of drug-likeness (QED) is 0.916. The molecule has 4 nitrogen and oxygen atoms in total. The first kappa shape index (κ1) is 15.0. The Kier molecular flexibility index (Phi) is 5.12. The van der Waals surface area contributed by atoms with E-state index in [2.05, 4.69) is 18.8 Å². The van der Waals surface area contributed by atoms with Crippen molar-refractivity contribution in [1.82, 2.24) is 9.88 Å². The maximum absolute atomic E-state index is 12.5. The van der Waals surface area contributed by atoms with Gasteiger partial charge in [0.2, 0.25) is 5.91 Å². The molecule has 0 aromatic carbocycles. The molecule has 20 heavy (non-hydrogen) atoms. The van der Waals surface area contributed by atoms with Crippen molar-refractivity contribution in [3.63, 3.8) is 0 Å². The van der Waals surface area contributed by atoms with Gasteiger partial charge in [-0.25, -0.2) is 0 Å². The summed E-state index contributed by atoms with van der Waals surface area (Å²) < 4.78 is 0. The molecule has 0 aliphatic carbocycles. The zero-order valence-electron chi connectivity index (χ0n) is 12.5. The van der Waals surface area contributed by atoms with Gasteiger partial charge < -0.3 is 10.6 Å². The number of pyridine rings is 1. The second-order valence-corrected chi connectivity index (χ2v) is 6.00. The first-order chi connectivity index (χ1) is 9.61. The predicted molar refractivity (Wildman–Crippen MR) is 80.2 cm³/mol. The van der Waals surface area contributed by atoms with Gasteiger partial charge in [-0.1, -0.05) is 19.9 Å². The van der Waals surface area contributed by atoms with Crippen LogP contribution in [0.25, 0.3) is 0 Å². The van der Waals surface area contributed by atoms with Gasteiger partial charge in [0, 0.05) is 37.9 Å². The minimum atomic E-state index is 0.203. The number of hydrogen-bond acceptors (Lipinski definition) is 3. The lowest BCUT2D eigenvalue weighted by Gasteiger charge is -2.38. The fourth-order valence-corrected chi connectivity index (χ4v) is 2.97. The molecule has 0 saturated carbocycles. The highest BCUT2D eigenvalue weighted by Crippen LogP contribution is 2.25. The number of carbonyl (C=O) groups excluding carboxylic acids is 1. The molecule has 1 saturated heterocycles. The van der Waals surface area contributed by atoms with Gasteiger partial charge >= 0.3 is 0 Å². The number of carbonyl (C=O) groups is 1. The van der Waals surface area contributed by atoms with Crippen molar-refractivity contribution in [3.8, 4) is 0 Å². The zero-order chi connectivity index (χ0) is 14.5. The monoisotopic (exact) mass is 275 g/mol. The van der Waals surface area contributed by atoms with Gasteiger partial charge in [0.15, 0.2) is 0 Å². The van der Waals surface area contributed by atoms with Crippen LogP contribution in [-0.4, -0.2) is 34.9 Å². The van der Waals surface area contributed by atoms with Crippen LogP contribution >= 0.6 is 0 Å². The average Bonchev–Trinajstić information content (AvgIpc) is 2.47. The number of aromatic nitrogens is 1. The Morgan fingerprint density at radius 2 is 2.40 bits per heavy atom. The van der Waals surface area contributed by atoms with E-state index in [0.29, 0.717) is 18.9 Å². The van der Waals surface area contributed by atoms with Crippen LogP contribution in [0.5, 0.6) is 0 Å². The molecule has 1 aromatic rings. The third-order valence-electron chi connectivity index (χ3n) is 4.30. The fraction of sp³-hybridized carbons (Fsp3) is 0.625. The average molecular weight is 275 g/mol. The standard InChI is InChI=1S/C16H25N3O/c1-12-5-7-19(15(8-12)10-17)16(20)9-13(2)14-4-3-6-18-11-14/h3-4,6,11-13,15H,5,7-10,17H2,1-2H3. The van der Waals surface area contributed by atoms with Crippen molar-refractivity contribution in [3.05, 3.63) is 30.1 Å². The Balaban J connectivity index is 1.97. The van der Waals surface area contributed by atoms with Crippen LogP contribution in [0, 0.1) is 5.92 Å². The van der Waals surface area contributed by atoms with E-state index >= 15 is 0 Å². The molecule has 1 amide bonds. The number of amides is 1. The summed E-state index contributed by atoms with van der Waals surface area (Å²) in [5.74, 6) is 1.10. The summed E-state index contributed by atoms with van der Waals surface area (Å²) in [5.41, 5.74) is 6.95. The van der Waals surface area contributed by atoms with Gasteiger partial charge in [0.05, 0.1) is 0 Å². The van der Waals surface area contributed by atoms with E-state index in [1.54, 1.807) is 6.20 Å². The van der Waals surface area contributed by atoms with E-state index in [1.165, 1.54) is 0 Å². The molecule has 2 rings (SSSR count). The molecule has 2 N–H and O–H groups in total. The smallest absolute Gasteiger partial charge is 0.223 e. The van der Waals surface area contributed by atoms with Crippen LogP contribution in [0.1, 0.15) is 44.6 Å². The van der Waals surface area contributed by atoms with Crippen LogP contribution in [0.15, 0.2) is 24.5 Å². The number of nitrogens with two attached hydrogens (primary N) is 1. The summed E-state index contributed by atoms with van der Waals surface area (Å²) in [5, 5.41) is 0. The number of likely N-dealkylation sites (tertiary alicyclic amines) is 1. The van der Waals surface area contributed by atoms with Gasteiger partial charge in [-0.3, -0.25) is 9.78 Å². The van der Waals surface area contributed by atoms with Crippen LogP contribution in [0.2, 0.25) is 0 Å². The molecular formula is C16H25N3O. The first-order valence-corrected chi connectivity index (χ1v) is 7.51. The Labute approximate surface area is 121 Å². The molecule has 0 radical (unpaired) electrons. The van der Waals surface area contributed by atoms with Crippen molar-refractivity contribution in [1.29, 1.82) is 0 Å². The van der Waals surface area contributed by atoms with Crippen molar-refractivity contribution in [2.75, 3.05) is 13.1 Å². The van der Waals surface area contributed by atoms with Crippen molar-refractivity contribution >= 4 is 5.91 Å².